The quantitative estimate of drug-likeness (QED) is 0.717. The molecule has 0 unspecified atom stereocenters. The number of carbonyl (C=O) groups is 1. The number of amides is 1. The van der Waals surface area contributed by atoms with Gasteiger partial charge in [-0.25, -0.2) is 9.67 Å². The SMILES string of the molecule is Cc1noc(C)c1C(=O)N1CCc2nc(-c3ccccc3)nn2CC1. The normalized spacial score (nSPS) is 14.2. The molecular formula is C18H19N5O2. The molecule has 0 saturated carbocycles. The van der Waals surface area contributed by atoms with E-state index in [0.29, 0.717) is 43.1 Å². The van der Waals surface area contributed by atoms with Crippen molar-refractivity contribution in [2.45, 2.75) is 26.8 Å². The van der Waals surface area contributed by atoms with Crippen molar-refractivity contribution in [1.82, 2.24) is 24.8 Å². The summed E-state index contributed by atoms with van der Waals surface area (Å²) in [6.07, 6.45) is 0.676. The van der Waals surface area contributed by atoms with Crippen molar-refractivity contribution in [1.29, 1.82) is 0 Å². The minimum Gasteiger partial charge on any atom is -0.361 e. The van der Waals surface area contributed by atoms with Crippen molar-refractivity contribution in [2.24, 2.45) is 0 Å². The molecular weight excluding hydrogens is 318 g/mol. The van der Waals surface area contributed by atoms with Crippen LogP contribution in [0.4, 0.5) is 0 Å². The third kappa shape index (κ3) is 2.82. The Kier molecular flexibility index (Phi) is 3.83. The first-order chi connectivity index (χ1) is 12.1. The average Bonchev–Trinajstić information content (AvgIpc) is 3.12. The van der Waals surface area contributed by atoms with E-state index in [2.05, 4.69) is 15.2 Å². The van der Waals surface area contributed by atoms with Crippen LogP contribution in [0.25, 0.3) is 11.4 Å². The van der Waals surface area contributed by atoms with Gasteiger partial charge in [-0.3, -0.25) is 4.79 Å². The van der Waals surface area contributed by atoms with Crippen LogP contribution in [0.15, 0.2) is 34.9 Å². The Morgan fingerprint density at radius 2 is 1.92 bits per heavy atom. The lowest BCUT2D eigenvalue weighted by Gasteiger charge is -2.19. The predicted molar refractivity (Wildman–Crippen MR) is 91.0 cm³/mol. The zero-order valence-electron chi connectivity index (χ0n) is 14.3. The van der Waals surface area contributed by atoms with Crippen molar-refractivity contribution in [2.75, 3.05) is 13.1 Å². The number of aromatic nitrogens is 4. The minimum atomic E-state index is -0.0368. The summed E-state index contributed by atoms with van der Waals surface area (Å²) >= 11 is 0. The van der Waals surface area contributed by atoms with Crippen molar-refractivity contribution in [3.05, 3.63) is 53.2 Å². The molecule has 25 heavy (non-hydrogen) atoms. The summed E-state index contributed by atoms with van der Waals surface area (Å²) in [6.45, 7) is 5.39. The summed E-state index contributed by atoms with van der Waals surface area (Å²) in [5.41, 5.74) is 2.21. The van der Waals surface area contributed by atoms with Crippen LogP contribution in [0, 0.1) is 13.8 Å². The summed E-state index contributed by atoms with van der Waals surface area (Å²) in [7, 11) is 0. The van der Waals surface area contributed by atoms with E-state index in [0.717, 1.165) is 17.2 Å². The highest BCUT2D eigenvalue weighted by molar-refractivity contribution is 5.96. The fraction of sp³-hybridized carbons (Fsp3) is 0.333. The molecule has 128 valence electrons. The van der Waals surface area contributed by atoms with Crippen LogP contribution in [0.3, 0.4) is 0 Å². The van der Waals surface area contributed by atoms with E-state index in [9.17, 15) is 4.79 Å². The molecule has 3 aromatic rings. The van der Waals surface area contributed by atoms with Crippen LogP contribution in [0.2, 0.25) is 0 Å². The first-order valence-corrected chi connectivity index (χ1v) is 8.35. The predicted octanol–water partition coefficient (Wildman–Crippen LogP) is 2.25. The van der Waals surface area contributed by atoms with Gasteiger partial charge in [-0.15, -0.1) is 0 Å². The molecule has 4 rings (SSSR count). The second-order valence-electron chi connectivity index (χ2n) is 6.18. The lowest BCUT2D eigenvalue weighted by molar-refractivity contribution is 0.0756. The largest absolute Gasteiger partial charge is 0.361 e. The van der Waals surface area contributed by atoms with Gasteiger partial charge in [0.15, 0.2) is 5.82 Å². The van der Waals surface area contributed by atoms with Gasteiger partial charge in [0.05, 0.1) is 12.2 Å². The maximum atomic E-state index is 12.8. The van der Waals surface area contributed by atoms with E-state index >= 15 is 0 Å². The second-order valence-corrected chi connectivity index (χ2v) is 6.18. The minimum absolute atomic E-state index is 0.0368. The smallest absolute Gasteiger partial charge is 0.259 e. The number of aryl methyl sites for hydroxylation is 2. The average molecular weight is 337 g/mol. The fourth-order valence-electron chi connectivity index (χ4n) is 3.16. The molecule has 0 radical (unpaired) electrons. The van der Waals surface area contributed by atoms with Crippen LogP contribution in [-0.2, 0) is 13.0 Å². The molecule has 0 fully saturated rings. The third-order valence-electron chi connectivity index (χ3n) is 4.50. The Morgan fingerprint density at radius 1 is 1.12 bits per heavy atom. The highest BCUT2D eigenvalue weighted by Crippen LogP contribution is 2.19. The van der Waals surface area contributed by atoms with Gasteiger partial charge in [0.2, 0.25) is 0 Å². The molecule has 3 heterocycles. The zero-order chi connectivity index (χ0) is 17.4. The summed E-state index contributed by atoms with van der Waals surface area (Å²) in [6, 6.07) is 9.94. The van der Waals surface area contributed by atoms with Gasteiger partial charge < -0.3 is 9.42 Å². The van der Waals surface area contributed by atoms with E-state index in [1.807, 2.05) is 39.9 Å². The van der Waals surface area contributed by atoms with Crippen molar-refractivity contribution < 1.29 is 9.32 Å². The Labute approximate surface area is 145 Å². The van der Waals surface area contributed by atoms with E-state index < -0.39 is 0 Å². The zero-order valence-corrected chi connectivity index (χ0v) is 14.3. The van der Waals surface area contributed by atoms with E-state index in [1.54, 1.807) is 13.8 Å². The number of hydrogen-bond acceptors (Lipinski definition) is 5. The Morgan fingerprint density at radius 3 is 2.64 bits per heavy atom. The lowest BCUT2D eigenvalue weighted by Crippen LogP contribution is -2.34. The first kappa shape index (κ1) is 15.6. The Balaban J connectivity index is 1.53. The molecule has 0 saturated heterocycles. The lowest BCUT2D eigenvalue weighted by atomic mass is 10.1. The first-order valence-electron chi connectivity index (χ1n) is 8.35. The standard InChI is InChI=1S/C18H19N5O2/c1-12-16(13(2)25-21-12)18(24)22-9-8-15-19-17(20-23(15)11-10-22)14-6-4-3-5-7-14/h3-7H,8-11H2,1-2H3. The Hall–Kier alpha value is -2.96. The fourth-order valence-corrected chi connectivity index (χ4v) is 3.16. The van der Waals surface area contributed by atoms with Crippen LogP contribution >= 0.6 is 0 Å². The summed E-state index contributed by atoms with van der Waals surface area (Å²) in [5.74, 6) is 2.17. The second kappa shape index (κ2) is 6.16. The molecule has 0 bridgehead atoms. The molecule has 1 amide bonds. The molecule has 1 aromatic carbocycles. The van der Waals surface area contributed by atoms with Gasteiger partial charge in [0, 0.05) is 25.1 Å². The van der Waals surface area contributed by atoms with Crippen molar-refractivity contribution in [3.8, 4) is 11.4 Å². The maximum Gasteiger partial charge on any atom is 0.259 e. The van der Waals surface area contributed by atoms with Gasteiger partial charge >= 0.3 is 0 Å². The van der Waals surface area contributed by atoms with Gasteiger partial charge in [-0.2, -0.15) is 5.10 Å². The van der Waals surface area contributed by atoms with Crippen LogP contribution in [0.1, 0.15) is 27.6 Å². The summed E-state index contributed by atoms with van der Waals surface area (Å²) in [4.78, 5) is 19.3. The molecule has 7 heteroatoms. The molecule has 1 aliphatic rings. The van der Waals surface area contributed by atoms with Crippen molar-refractivity contribution in [3.63, 3.8) is 0 Å². The van der Waals surface area contributed by atoms with E-state index in [-0.39, 0.29) is 5.91 Å². The van der Waals surface area contributed by atoms with E-state index in [4.69, 9.17) is 4.52 Å². The number of rotatable bonds is 2. The highest BCUT2D eigenvalue weighted by atomic mass is 16.5. The van der Waals surface area contributed by atoms with Crippen LogP contribution in [-0.4, -0.2) is 43.8 Å². The summed E-state index contributed by atoms with van der Waals surface area (Å²) in [5, 5.41) is 8.49. The molecule has 0 aliphatic carbocycles. The van der Waals surface area contributed by atoms with Gasteiger partial charge in [-0.05, 0) is 13.8 Å². The number of hydrogen-bond donors (Lipinski definition) is 0. The summed E-state index contributed by atoms with van der Waals surface area (Å²) < 4.78 is 7.03. The van der Waals surface area contributed by atoms with Crippen molar-refractivity contribution >= 4 is 5.91 Å². The molecule has 7 nitrogen and oxygen atoms in total. The molecule has 0 atom stereocenters. The Bertz CT molecular complexity index is 868. The molecule has 0 N–H and O–H groups in total. The number of fused-ring (bicyclic) bond motifs is 1. The van der Waals surface area contributed by atoms with Crippen LogP contribution in [0.5, 0.6) is 0 Å². The molecule has 2 aromatic heterocycles. The van der Waals surface area contributed by atoms with Gasteiger partial charge in [0.1, 0.15) is 17.1 Å². The van der Waals surface area contributed by atoms with Crippen LogP contribution < -0.4 is 0 Å². The maximum absolute atomic E-state index is 12.8. The number of benzene rings is 1. The van der Waals surface area contributed by atoms with Gasteiger partial charge in [0.25, 0.3) is 5.91 Å². The molecule has 1 aliphatic heterocycles. The topological polar surface area (TPSA) is 77.1 Å². The van der Waals surface area contributed by atoms with Gasteiger partial charge in [-0.1, -0.05) is 35.5 Å². The van der Waals surface area contributed by atoms with E-state index in [1.165, 1.54) is 0 Å². The number of nitrogens with zero attached hydrogens (tertiary/aromatic N) is 5. The third-order valence-corrected chi connectivity index (χ3v) is 4.50. The highest BCUT2D eigenvalue weighted by Gasteiger charge is 2.26. The molecule has 0 spiro atoms. The number of carbonyl (C=O) groups excluding carboxylic acids is 1. The monoisotopic (exact) mass is 337 g/mol.